The zero-order valence-corrected chi connectivity index (χ0v) is 11.0. The van der Waals surface area contributed by atoms with E-state index in [2.05, 4.69) is 17.1 Å². The van der Waals surface area contributed by atoms with E-state index in [1.165, 1.54) is 19.4 Å². The molecule has 2 aliphatic rings. The topological polar surface area (TPSA) is 33.7 Å². The highest BCUT2D eigenvalue weighted by Gasteiger charge is 2.21. The van der Waals surface area contributed by atoms with Crippen molar-refractivity contribution in [2.75, 3.05) is 52.5 Å². The maximum absolute atomic E-state index is 5.56. The van der Waals surface area contributed by atoms with Crippen molar-refractivity contribution >= 4 is 0 Å². The molecule has 4 heteroatoms. The van der Waals surface area contributed by atoms with E-state index >= 15 is 0 Å². The van der Waals surface area contributed by atoms with Crippen LogP contribution >= 0.6 is 0 Å². The average molecular weight is 242 g/mol. The van der Waals surface area contributed by atoms with E-state index in [0.29, 0.717) is 6.10 Å². The van der Waals surface area contributed by atoms with Crippen molar-refractivity contribution in [3.63, 3.8) is 0 Å². The van der Waals surface area contributed by atoms with Crippen LogP contribution in [0.5, 0.6) is 0 Å². The van der Waals surface area contributed by atoms with Crippen LogP contribution < -0.4 is 5.32 Å². The van der Waals surface area contributed by atoms with E-state index < -0.39 is 0 Å². The molecule has 2 fully saturated rings. The van der Waals surface area contributed by atoms with Gasteiger partial charge in [-0.15, -0.1) is 0 Å². The largest absolute Gasteiger partial charge is 0.379 e. The second-order valence-corrected chi connectivity index (χ2v) is 5.26. The molecule has 0 radical (unpaired) electrons. The predicted octanol–water partition coefficient (Wildman–Crippen LogP) is 0.723. The van der Waals surface area contributed by atoms with Crippen molar-refractivity contribution in [1.29, 1.82) is 0 Å². The summed E-state index contributed by atoms with van der Waals surface area (Å²) in [5.74, 6) is 0.730. The molecular formula is C13H26N2O2. The number of rotatable bonds is 6. The SMILES string of the molecule is CC1CC(CNCCCN2CCOCC2)CO1. The minimum Gasteiger partial charge on any atom is -0.379 e. The summed E-state index contributed by atoms with van der Waals surface area (Å²) in [7, 11) is 0. The first-order valence-electron chi connectivity index (χ1n) is 6.97. The van der Waals surface area contributed by atoms with Crippen LogP contribution in [0.2, 0.25) is 0 Å². The van der Waals surface area contributed by atoms with Crippen molar-refractivity contribution in [2.45, 2.75) is 25.9 Å². The molecule has 2 atom stereocenters. The first-order valence-corrected chi connectivity index (χ1v) is 6.97. The van der Waals surface area contributed by atoms with Crippen LogP contribution in [-0.4, -0.2) is 63.5 Å². The van der Waals surface area contributed by atoms with E-state index in [1.807, 2.05) is 0 Å². The minimum absolute atomic E-state index is 0.468. The van der Waals surface area contributed by atoms with E-state index in [0.717, 1.165) is 51.9 Å². The van der Waals surface area contributed by atoms with Crippen LogP contribution in [-0.2, 0) is 9.47 Å². The minimum atomic E-state index is 0.468. The maximum Gasteiger partial charge on any atom is 0.0594 e. The van der Waals surface area contributed by atoms with Crippen LogP contribution in [0, 0.1) is 5.92 Å². The van der Waals surface area contributed by atoms with Crippen LogP contribution in [0.4, 0.5) is 0 Å². The summed E-state index contributed by atoms with van der Waals surface area (Å²) in [5, 5.41) is 3.55. The summed E-state index contributed by atoms with van der Waals surface area (Å²) in [5.41, 5.74) is 0. The van der Waals surface area contributed by atoms with Crippen LogP contribution in [0.25, 0.3) is 0 Å². The van der Waals surface area contributed by atoms with Gasteiger partial charge in [0.05, 0.1) is 25.9 Å². The Morgan fingerprint density at radius 2 is 2.12 bits per heavy atom. The van der Waals surface area contributed by atoms with Crippen molar-refractivity contribution in [3.05, 3.63) is 0 Å². The number of nitrogens with one attached hydrogen (secondary N) is 1. The Morgan fingerprint density at radius 3 is 2.82 bits per heavy atom. The molecule has 0 saturated carbocycles. The second-order valence-electron chi connectivity index (χ2n) is 5.26. The monoisotopic (exact) mass is 242 g/mol. The first kappa shape index (κ1) is 13.3. The van der Waals surface area contributed by atoms with Crippen molar-refractivity contribution in [3.8, 4) is 0 Å². The third kappa shape index (κ3) is 4.92. The molecule has 0 amide bonds. The summed E-state index contributed by atoms with van der Waals surface area (Å²) < 4.78 is 10.9. The lowest BCUT2D eigenvalue weighted by atomic mass is 10.1. The molecule has 0 spiro atoms. The second kappa shape index (κ2) is 7.31. The summed E-state index contributed by atoms with van der Waals surface area (Å²) in [6.07, 6.45) is 2.93. The molecule has 2 aliphatic heterocycles. The normalized spacial score (nSPS) is 30.9. The highest BCUT2D eigenvalue weighted by atomic mass is 16.5. The van der Waals surface area contributed by atoms with E-state index in [-0.39, 0.29) is 0 Å². The van der Waals surface area contributed by atoms with Gasteiger partial charge in [-0.25, -0.2) is 0 Å². The van der Waals surface area contributed by atoms with Crippen LogP contribution in [0.1, 0.15) is 19.8 Å². The molecule has 2 saturated heterocycles. The lowest BCUT2D eigenvalue weighted by molar-refractivity contribution is 0.0374. The standard InChI is InChI=1S/C13H26N2O2/c1-12-9-13(11-17-12)10-14-3-2-4-15-5-7-16-8-6-15/h12-14H,2-11H2,1H3. The van der Waals surface area contributed by atoms with Gasteiger partial charge in [-0.3, -0.25) is 4.90 Å². The molecule has 2 heterocycles. The van der Waals surface area contributed by atoms with E-state index in [4.69, 9.17) is 9.47 Å². The molecular weight excluding hydrogens is 216 g/mol. The highest BCUT2D eigenvalue weighted by Crippen LogP contribution is 2.17. The Morgan fingerprint density at radius 1 is 1.29 bits per heavy atom. The van der Waals surface area contributed by atoms with E-state index in [9.17, 15) is 0 Å². The fourth-order valence-corrected chi connectivity index (χ4v) is 2.61. The molecule has 0 aromatic heterocycles. The fraction of sp³-hybridized carbons (Fsp3) is 1.00. The molecule has 0 aliphatic carbocycles. The van der Waals surface area contributed by atoms with Gasteiger partial charge in [-0.2, -0.15) is 0 Å². The first-order chi connectivity index (χ1) is 8.34. The number of hydrogen-bond donors (Lipinski definition) is 1. The summed E-state index contributed by atoms with van der Waals surface area (Å²) in [6, 6.07) is 0. The quantitative estimate of drug-likeness (QED) is 0.696. The molecule has 0 bridgehead atoms. The smallest absolute Gasteiger partial charge is 0.0594 e. The fourth-order valence-electron chi connectivity index (χ4n) is 2.61. The molecule has 17 heavy (non-hydrogen) atoms. The zero-order valence-electron chi connectivity index (χ0n) is 11.0. The van der Waals surface area contributed by atoms with Crippen molar-refractivity contribution in [2.24, 2.45) is 5.92 Å². The van der Waals surface area contributed by atoms with Crippen molar-refractivity contribution < 1.29 is 9.47 Å². The predicted molar refractivity (Wildman–Crippen MR) is 68.3 cm³/mol. The van der Waals surface area contributed by atoms with Gasteiger partial charge in [0.1, 0.15) is 0 Å². The molecule has 1 N–H and O–H groups in total. The molecule has 2 rings (SSSR count). The summed E-state index contributed by atoms with van der Waals surface area (Å²) in [6.45, 7) is 10.6. The molecule has 100 valence electrons. The summed E-state index contributed by atoms with van der Waals surface area (Å²) in [4.78, 5) is 2.49. The number of hydrogen-bond acceptors (Lipinski definition) is 4. The van der Waals surface area contributed by atoms with Gasteiger partial charge in [-0.05, 0) is 38.8 Å². The number of nitrogens with zero attached hydrogens (tertiary/aromatic N) is 1. The van der Waals surface area contributed by atoms with E-state index in [1.54, 1.807) is 0 Å². The van der Waals surface area contributed by atoms with Gasteiger partial charge in [0.25, 0.3) is 0 Å². The average Bonchev–Trinajstić information content (AvgIpc) is 2.76. The maximum atomic E-state index is 5.56. The Balaban J connectivity index is 1.43. The summed E-state index contributed by atoms with van der Waals surface area (Å²) >= 11 is 0. The lowest BCUT2D eigenvalue weighted by Crippen LogP contribution is -2.38. The van der Waals surface area contributed by atoms with Gasteiger partial charge in [0, 0.05) is 19.6 Å². The van der Waals surface area contributed by atoms with Crippen LogP contribution in [0.15, 0.2) is 0 Å². The van der Waals surface area contributed by atoms with Gasteiger partial charge in [-0.1, -0.05) is 0 Å². The van der Waals surface area contributed by atoms with Gasteiger partial charge >= 0.3 is 0 Å². The third-order valence-electron chi connectivity index (χ3n) is 3.65. The molecule has 0 aromatic carbocycles. The van der Waals surface area contributed by atoms with Crippen LogP contribution in [0.3, 0.4) is 0 Å². The van der Waals surface area contributed by atoms with Crippen molar-refractivity contribution in [1.82, 2.24) is 10.2 Å². The Bertz CT molecular complexity index is 201. The Kier molecular flexibility index (Phi) is 5.71. The van der Waals surface area contributed by atoms with Gasteiger partial charge in [0.2, 0.25) is 0 Å². The Labute approximate surface area is 105 Å². The molecule has 2 unspecified atom stereocenters. The third-order valence-corrected chi connectivity index (χ3v) is 3.65. The lowest BCUT2D eigenvalue weighted by Gasteiger charge is -2.26. The molecule has 0 aromatic rings. The highest BCUT2D eigenvalue weighted by molar-refractivity contribution is 4.72. The molecule has 4 nitrogen and oxygen atoms in total. The Hall–Kier alpha value is -0.160. The van der Waals surface area contributed by atoms with Gasteiger partial charge < -0.3 is 14.8 Å². The number of morpholine rings is 1. The zero-order chi connectivity index (χ0) is 11.9. The van der Waals surface area contributed by atoms with Gasteiger partial charge in [0.15, 0.2) is 0 Å². The number of ether oxygens (including phenoxy) is 2.